The molecule has 0 aliphatic heterocycles. The van der Waals surface area contributed by atoms with E-state index in [1.54, 1.807) is 0 Å². The predicted molar refractivity (Wildman–Crippen MR) is 26.7 cm³/mol. The Morgan fingerprint density at radius 2 is 2.00 bits per heavy atom. The molecule has 0 fully saturated rings. The van der Waals surface area contributed by atoms with Crippen LogP contribution in [0.1, 0.15) is 0 Å². The third-order valence-electron chi connectivity index (χ3n) is 0.287. The molecular formula is CH9N5O. The standard InChI is InChI=1S/CH7N5.H2O/c2-1(5-3)6-4;/h3-4H2,(H3,2,5,6);1H2. The summed E-state index contributed by atoms with van der Waals surface area (Å²) < 4.78 is 0. The summed E-state index contributed by atoms with van der Waals surface area (Å²) in [5.41, 5.74) is 6.88. The van der Waals surface area contributed by atoms with Crippen molar-refractivity contribution in [2.45, 2.75) is 0 Å². The molecule has 6 heteroatoms. The van der Waals surface area contributed by atoms with Crippen LogP contribution in [0.5, 0.6) is 0 Å². The van der Waals surface area contributed by atoms with Crippen molar-refractivity contribution >= 4 is 5.96 Å². The molecule has 0 aliphatic carbocycles. The van der Waals surface area contributed by atoms with Gasteiger partial charge < -0.3 is 17.1 Å². The number of nitrogens with one attached hydrogen (secondary N) is 1. The summed E-state index contributed by atoms with van der Waals surface area (Å²) >= 11 is 0. The van der Waals surface area contributed by atoms with Crippen LogP contribution in [-0.4, -0.2) is 11.4 Å². The minimum absolute atomic E-state index is 0. The highest BCUT2D eigenvalue weighted by atomic mass is 16.0. The summed E-state index contributed by atoms with van der Waals surface area (Å²) in [7, 11) is 0. The summed E-state index contributed by atoms with van der Waals surface area (Å²) in [6.45, 7) is 0. The van der Waals surface area contributed by atoms with Crippen LogP contribution in [0.15, 0.2) is 5.10 Å². The molecule has 0 radical (unpaired) electrons. The SMILES string of the molecule is NN=C(N)NN.O. The summed E-state index contributed by atoms with van der Waals surface area (Å²) in [6, 6.07) is 0. The van der Waals surface area contributed by atoms with Crippen molar-refractivity contribution < 1.29 is 5.48 Å². The lowest BCUT2D eigenvalue weighted by Gasteiger charge is -1.89. The van der Waals surface area contributed by atoms with Crippen LogP contribution >= 0.6 is 0 Å². The lowest BCUT2D eigenvalue weighted by Crippen LogP contribution is -2.37. The second kappa shape index (κ2) is 4.99. The monoisotopic (exact) mass is 107 g/mol. The zero-order chi connectivity index (χ0) is 4.99. The van der Waals surface area contributed by atoms with Crippen molar-refractivity contribution in [3.05, 3.63) is 0 Å². The Kier molecular flexibility index (Phi) is 6.68. The topological polar surface area (TPSA) is 134 Å². The second-order valence-corrected chi connectivity index (χ2v) is 0.659. The Bertz CT molecular complexity index is 59.1. The zero-order valence-electron chi connectivity index (χ0n) is 3.68. The Morgan fingerprint density at radius 1 is 1.57 bits per heavy atom. The van der Waals surface area contributed by atoms with Crippen molar-refractivity contribution in [3.8, 4) is 0 Å². The fourth-order valence-electron chi connectivity index (χ4n) is 0.0373. The van der Waals surface area contributed by atoms with E-state index in [2.05, 4.69) is 10.9 Å². The fourth-order valence-corrected chi connectivity index (χ4v) is 0.0373. The van der Waals surface area contributed by atoms with Crippen LogP contribution in [0.3, 0.4) is 0 Å². The number of hydrogen-bond donors (Lipinski definition) is 4. The second-order valence-electron chi connectivity index (χ2n) is 0.659. The average Bonchev–Trinajstić information content (AvgIpc) is 1.65. The van der Waals surface area contributed by atoms with Crippen LogP contribution in [0.4, 0.5) is 0 Å². The summed E-state index contributed by atoms with van der Waals surface area (Å²) in [5.74, 6) is 9.32. The fraction of sp³-hybridized carbons (Fsp3) is 0. The molecule has 0 bridgehead atoms. The molecule has 0 rings (SSSR count). The molecule has 6 nitrogen and oxygen atoms in total. The molecule has 0 atom stereocenters. The van der Waals surface area contributed by atoms with Gasteiger partial charge in [0, 0.05) is 0 Å². The van der Waals surface area contributed by atoms with Crippen LogP contribution in [0.2, 0.25) is 0 Å². The molecule has 0 aromatic rings. The first kappa shape index (κ1) is 9.37. The lowest BCUT2D eigenvalue weighted by atomic mass is 11.1. The van der Waals surface area contributed by atoms with Crippen LogP contribution in [0.25, 0.3) is 0 Å². The lowest BCUT2D eigenvalue weighted by molar-refractivity contribution is 0.824. The zero-order valence-corrected chi connectivity index (χ0v) is 3.68. The van der Waals surface area contributed by atoms with Gasteiger partial charge >= 0.3 is 0 Å². The Morgan fingerprint density at radius 3 is 2.00 bits per heavy atom. The van der Waals surface area contributed by atoms with E-state index in [1.165, 1.54) is 0 Å². The average molecular weight is 107 g/mol. The molecule has 0 spiro atoms. The molecule has 9 N–H and O–H groups in total. The van der Waals surface area contributed by atoms with Crippen molar-refractivity contribution in [1.82, 2.24) is 5.43 Å². The molecule has 0 saturated carbocycles. The van der Waals surface area contributed by atoms with Crippen molar-refractivity contribution in [2.24, 2.45) is 22.5 Å². The van der Waals surface area contributed by atoms with Gasteiger partial charge in [-0.3, -0.25) is 5.43 Å². The van der Waals surface area contributed by atoms with Gasteiger partial charge in [0.2, 0.25) is 5.96 Å². The Hall–Kier alpha value is -1.01. The molecule has 0 aromatic carbocycles. The van der Waals surface area contributed by atoms with E-state index in [-0.39, 0.29) is 11.4 Å². The minimum atomic E-state index is 0. The molecule has 0 amide bonds. The first-order valence-corrected chi connectivity index (χ1v) is 1.31. The number of hydrazine groups is 1. The van der Waals surface area contributed by atoms with Gasteiger partial charge in [-0.25, -0.2) is 5.84 Å². The van der Waals surface area contributed by atoms with Crippen molar-refractivity contribution in [3.63, 3.8) is 0 Å². The van der Waals surface area contributed by atoms with E-state index in [9.17, 15) is 0 Å². The number of hydrogen-bond acceptors (Lipinski definition) is 3. The van der Waals surface area contributed by atoms with Gasteiger partial charge in [0.25, 0.3) is 0 Å². The molecule has 0 saturated heterocycles. The smallest absolute Gasteiger partial charge is 0.224 e. The summed E-state index contributed by atoms with van der Waals surface area (Å²) in [6.07, 6.45) is 0. The highest BCUT2D eigenvalue weighted by Crippen LogP contribution is 1.38. The first-order valence-electron chi connectivity index (χ1n) is 1.31. The van der Waals surface area contributed by atoms with E-state index in [0.29, 0.717) is 0 Å². The first-order chi connectivity index (χ1) is 2.81. The van der Waals surface area contributed by atoms with Gasteiger partial charge in [-0.1, -0.05) is 0 Å². The van der Waals surface area contributed by atoms with E-state index in [0.717, 1.165) is 0 Å². The number of hydrazone groups is 1. The van der Waals surface area contributed by atoms with Gasteiger partial charge in [-0.15, -0.1) is 5.10 Å². The maximum Gasteiger partial charge on any atom is 0.224 e. The van der Waals surface area contributed by atoms with Gasteiger partial charge in [0.05, 0.1) is 0 Å². The molecule has 7 heavy (non-hydrogen) atoms. The van der Waals surface area contributed by atoms with Crippen molar-refractivity contribution in [1.29, 1.82) is 0 Å². The minimum Gasteiger partial charge on any atom is -0.412 e. The third kappa shape index (κ3) is 4.99. The largest absolute Gasteiger partial charge is 0.412 e. The van der Waals surface area contributed by atoms with Crippen LogP contribution < -0.4 is 22.8 Å². The highest BCUT2D eigenvalue weighted by molar-refractivity contribution is 5.76. The third-order valence-corrected chi connectivity index (χ3v) is 0.287. The predicted octanol–water partition coefficient (Wildman–Crippen LogP) is -3.19. The molecule has 44 valence electrons. The van der Waals surface area contributed by atoms with Gasteiger partial charge in [0.15, 0.2) is 0 Å². The maximum atomic E-state index is 4.86. The number of nitrogens with zero attached hydrogens (tertiary/aromatic N) is 1. The van der Waals surface area contributed by atoms with Gasteiger partial charge in [-0.05, 0) is 0 Å². The van der Waals surface area contributed by atoms with E-state index >= 15 is 0 Å². The van der Waals surface area contributed by atoms with E-state index < -0.39 is 0 Å². The van der Waals surface area contributed by atoms with Crippen LogP contribution in [0, 0.1) is 0 Å². The van der Waals surface area contributed by atoms with Crippen molar-refractivity contribution in [2.75, 3.05) is 0 Å². The molecule has 0 aromatic heterocycles. The van der Waals surface area contributed by atoms with E-state index in [4.69, 9.17) is 11.6 Å². The number of guanidine groups is 1. The molecule has 0 aliphatic rings. The summed E-state index contributed by atoms with van der Waals surface area (Å²) in [5, 5.41) is 2.97. The van der Waals surface area contributed by atoms with Crippen LogP contribution in [-0.2, 0) is 0 Å². The number of rotatable bonds is 0. The number of nitrogens with two attached hydrogens (primary N) is 3. The molecule has 0 heterocycles. The van der Waals surface area contributed by atoms with E-state index in [1.807, 2.05) is 5.43 Å². The molecular weight excluding hydrogens is 98.0 g/mol. The molecule has 0 unspecified atom stereocenters. The maximum absolute atomic E-state index is 4.86. The Labute approximate surface area is 40.6 Å². The summed E-state index contributed by atoms with van der Waals surface area (Å²) in [4.78, 5) is 0. The highest BCUT2D eigenvalue weighted by Gasteiger charge is 1.73. The Balaban J connectivity index is 0. The normalized spacial score (nSPS) is 9.57. The van der Waals surface area contributed by atoms with Gasteiger partial charge in [-0.2, -0.15) is 0 Å². The van der Waals surface area contributed by atoms with Gasteiger partial charge in [0.1, 0.15) is 0 Å². The quantitative estimate of drug-likeness (QED) is 0.112.